The summed E-state index contributed by atoms with van der Waals surface area (Å²) in [5, 5.41) is 0. The number of benzene rings is 1. The Labute approximate surface area is 111 Å². The maximum Gasteiger partial charge on any atom is 0.387 e. The van der Waals surface area contributed by atoms with Gasteiger partial charge in [0.15, 0.2) is 0 Å². The highest BCUT2D eigenvalue weighted by atomic mass is 16.6. The third kappa shape index (κ3) is 5.33. The summed E-state index contributed by atoms with van der Waals surface area (Å²) in [4.78, 5) is 33.9. The molecule has 102 valence electrons. The molecule has 0 unspecified atom stereocenters. The van der Waals surface area contributed by atoms with Crippen molar-refractivity contribution in [1.29, 1.82) is 0 Å². The summed E-state index contributed by atoms with van der Waals surface area (Å²) in [6, 6.07) is 8.87. The van der Waals surface area contributed by atoms with Crippen molar-refractivity contribution in [2.75, 3.05) is 6.61 Å². The van der Waals surface area contributed by atoms with Crippen LogP contribution < -0.4 is 0 Å². The van der Waals surface area contributed by atoms with Gasteiger partial charge in [-0.15, -0.1) is 0 Å². The molecular weight excluding hydrogens is 248 g/mol. The Hall–Kier alpha value is -2.17. The van der Waals surface area contributed by atoms with Crippen LogP contribution in [0.4, 0.5) is 0 Å². The van der Waals surface area contributed by atoms with Crippen molar-refractivity contribution in [3.05, 3.63) is 35.9 Å². The van der Waals surface area contributed by atoms with Crippen LogP contribution in [0.3, 0.4) is 0 Å². The number of hydrogen-bond donors (Lipinski definition) is 0. The van der Waals surface area contributed by atoms with Crippen LogP contribution in [0, 0.1) is 5.92 Å². The molecular formula is C14H16O5. The maximum atomic E-state index is 11.3. The van der Waals surface area contributed by atoms with E-state index in [-0.39, 0.29) is 19.1 Å². The van der Waals surface area contributed by atoms with E-state index < -0.39 is 17.7 Å². The van der Waals surface area contributed by atoms with Gasteiger partial charge >= 0.3 is 17.7 Å². The SMILES string of the molecule is CC(C)COC(=O)C(=O)C(=O)OCc1ccccc1. The molecule has 1 aromatic rings. The minimum Gasteiger partial charge on any atom is -0.459 e. The second-order valence-corrected chi connectivity index (χ2v) is 4.38. The Morgan fingerprint density at radius 1 is 1.00 bits per heavy atom. The van der Waals surface area contributed by atoms with Crippen LogP contribution >= 0.6 is 0 Å². The predicted octanol–water partition coefficient (Wildman–Crippen LogP) is 1.50. The summed E-state index contributed by atoms with van der Waals surface area (Å²) in [5.41, 5.74) is 0.735. The molecule has 0 N–H and O–H groups in total. The van der Waals surface area contributed by atoms with Gasteiger partial charge in [-0.2, -0.15) is 0 Å². The number of ether oxygens (including phenoxy) is 2. The zero-order valence-corrected chi connectivity index (χ0v) is 10.9. The number of ketones is 1. The summed E-state index contributed by atoms with van der Waals surface area (Å²) in [7, 11) is 0. The lowest BCUT2D eigenvalue weighted by molar-refractivity contribution is -0.165. The molecule has 0 aliphatic heterocycles. The molecule has 0 spiro atoms. The lowest BCUT2D eigenvalue weighted by Crippen LogP contribution is -2.28. The van der Waals surface area contributed by atoms with Gasteiger partial charge in [-0.1, -0.05) is 44.2 Å². The quantitative estimate of drug-likeness (QED) is 0.442. The third-order valence-corrected chi connectivity index (χ3v) is 2.13. The van der Waals surface area contributed by atoms with E-state index >= 15 is 0 Å². The number of carbonyl (C=O) groups is 3. The van der Waals surface area contributed by atoms with Crippen LogP contribution in [-0.2, 0) is 30.5 Å². The Morgan fingerprint density at radius 3 is 2.16 bits per heavy atom. The van der Waals surface area contributed by atoms with Crippen LogP contribution in [-0.4, -0.2) is 24.3 Å². The predicted molar refractivity (Wildman–Crippen MR) is 67.0 cm³/mol. The summed E-state index contributed by atoms with van der Waals surface area (Å²) in [6.07, 6.45) is 0. The highest BCUT2D eigenvalue weighted by Crippen LogP contribution is 2.01. The fraction of sp³-hybridized carbons (Fsp3) is 0.357. The zero-order valence-electron chi connectivity index (χ0n) is 10.9. The van der Waals surface area contributed by atoms with Crippen molar-refractivity contribution in [2.45, 2.75) is 20.5 Å². The Bertz CT molecular complexity index is 450. The number of carbonyl (C=O) groups excluding carboxylic acids is 3. The molecule has 1 rings (SSSR count). The highest BCUT2D eigenvalue weighted by Gasteiger charge is 2.26. The minimum absolute atomic E-state index is 0.0527. The zero-order chi connectivity index (χ0) is 14.3. The Balaban J connectivity index is 2.40. The molecule has 1 aromatic carbocycles. The molecule has 0 saturated heterocycles. The van der Waals surface area contributed by atoms with Crippen molar-refractivity contribution in [3.63, 3.8) is 0 Å². The average Bonchev–Trinajstić information content (AvgIpc) is 2.42. The van der Waals surface area contributed by atoms with Crippen molar-refractivity contribution in [1.82, 2.24) is 0 Å². The van der Waals surface area contributed by atoms with Gasteiger partial charge in [-0.3, -0.25) is 4.79 Å². The van der Waals surface area contributed by atoms with E-state index in [0.29, 0.717) is 0 Å². The normalized spacial score (nSPS) is 10.1. The topological polar surface area (TPSA) is 69.7 Å². The first-order valence-corrected chi connectivity index (χ1v) is 5.93. The van der Waals surface area contributed by atoms with Gasteiger partial charge in [0.1, 0.15) is 6.61 Å². The maximum absolute atomic E-state index is 11.3. The van der Waals surface area contributed by atoms with Gasteiger partial charge in [0.25, 0.3) is 0 Å². The highest BCUT2D eigenvalue weighted by molar-refractivity contribution is 6.60. The van der Waals surface area contributed by atoms with Gasteiger partial charge in [0.2, 0.25) is 0 Å². The van der Waals surface area contributed by atoms with Gasteiger partial charge in [0, 0.05) is 0 Å². The Morgan fingerprint density at radius 2 is 1.58 bits per heavy atom. The molecule has 0 radical (unpaired) electrons. The van der Waals surface area contributed by atoms with Crippen LogP contribution in [0.25, 0.3) is 0 Å². The van der Waals surface area contributed by atoms with Crippen molar-refractivity contribution >= 4 is 17.7 Å². The number of hydrogen-bond acceptors (Lipinski definition) is 5. The van der Waals surface area contributed by atoms with Crippen LogP contribution in [0.2, 0.25) is 0 Å². The van der Waals surface area contributed by atoms with E-state index in [2.05, 4.69) is 4.74 Å². The molecule has 5 nitrogen and oxygen atoms in total. The summed E-state index contributed by atoms with van der Waals surface area (Å²) in [5.74, 6) is -3.56. The second kappa shape index (κ2) is 7.31. The molecule has 0 heterocycles. The molecule has 0 fully saturated rings. The van der Waals surface area contributed by atoms with Gasteiger partial charge in [-0.05, 0) is 11.5 Å². The second-order valence-electron chi connectivity index (χ2n) is 4.38. The fourth-order valence-corrected chi connectivity index (χ4v) is 1.18. The first-order valence-electron chi connectivity index (χ1n) is 5.93. The van der Waals surface area contributed by atoms with Crippen molar-refractivity contribution in [3.8, 4) is 0 Å². The summed E-state index contributed by atoms with van der Waals surface area (Å²) in [6.45, 7) is 3.69. The molecule has 19 heavy (non-hydrogen) atoms. The largest absolute Gasteiger partial charge is 0.459 e. The molecule has 5 heteroatoms. The number of rotatable bonds is 6. The molecule has 0 amide bonds. The van der Waals surface area contributed by atoms with Gasteiger partial charge in [0.05, 0.1) is 6.61 Å². The number of esters is 2. The van der Waals surface area contributed by atoms with E-state index in [1.165, 1.54) is 0 Å². The fourth-order valence-electron chi connectivity index (χ4n) is 1.18. The van der Waals surface area contributed by atoms with E-state index in [1.54, 1.807) is 24.3 Å². The smallest absolute Gasteiger partial charge is 0.387 e. The van der Waals surface area contributed by atoms with Crippen LogP contribution in [0.5, 0.6) is 0 Å². The summed E-state index contributed by atoms with van der Waals surface area (Å²) < 4.78 is 9.38. The lowest BCUT2D eigenvalue weighted by atomic mass is 10.2. The van der Waals surface area contributed by atoms with E-state index in [9.17, 15) is 14.4 Å². The molecule has 0 aliphatic rings. The monoisotopic (exact) mass is 264 g/mol. The van der Waals surface area contributed by atoms with E-state index in [1.807, 2.05) is 19.9 Å². The Kier molecular flexibility index (Phi) is 5.73. The number of Topliss-reactive ketones (excluding diaryl/α,β-unsaturated/α-hetero) is 1. The standard InChI is InChI=1S/C14H16O5/c1-10(2)8-18-13(16)12(15)14(17)19-9-11-6-4-3-5-7-11/h3-7,10H,8-9H2,1-2H3. The van der Waals surface area contributed by atoms with Gasteiger partial charge in [-0.25, -0.2) is 9.59 Å². The van der Waals surface area contributed by atoms with E-state index in [0.717, 1.165) is 5.56 Å². The van der Waals surface area contributed by atoms with Crippen LogP contribution in [0.15, 0.2) is 30.3 Å². The van der Waals surface area contributed by atoms with E-state index in [4.69, 9.17) is 4.74 Å². The third-order valence-electron chi connectivity index (χ3n) is 2.13. The lowest BCUT2D eigenvalue weighted by Gasteiger charge is -2.06. The minimum atomic E-state index is -1.28. The molecule has 0 bridgehead atoms. The first kappa shape index (κ1) is 14.9. The molecule has 0 aliphatic carbocycles. The first-order chi connectivity index (χ1) is 9.00. The van der Waals surface area contributed by atoms with Crippen molar-refractivity contribution < 1.29 is 23.9 Å². The van der Waals surface area contributed by atoms with Crippen molar-refractivity contribution in [2.24, 2.45) is 5.92 Å². The molecule has 0 aromatic heterocycles. The molecule has 0 saturated carbocycles. The van der Waals surface area contributed by atoms with Gasteiger partial charge < -0.3 is 9.47 Å². The average molecular weight is 264 g/mol. The summed E-state index contributed by atoms with van der Waals surface area (Å²) >= 11 is 0. The van der Waals surface area contributed by atoms with Crippen LogP contribution in [0.1, 0.15) is 19.4 Å². The molecule has 0 atom stereocenters.